The molecule has 8 nitrogen and oxygen atoms in total. The molecule has 9 heteroatoms. The van der Waals surface area contributed by atoms with Gasteiger partial charge in [0, 0.05) is 4.47 Å². The summed E-state index contributed by atoms with van der Waals surface area (Å²) in [6, 6.07) is 12.8. The van der Waals surface area contributed by atoms with E-state index in [1.165, 1.54) is 12.1 Å². The second-order valence-electron chi connectivity index (χ2n) is 6.63. The lowest BCUT2D eigenvalue weighted by Gasteiger charge is -2.23. The van der Waals surface area contributed by atoms with Gasteiger partial charge in [-0.15, -0.1) is 0 Å². The number of hydrogen-bond donors (Lipinski definition) is 0. The molecule has 2 aromatic carbocycles. The van der Waals surface area contributed by atoms with Crippen molar-refractivity contribution in [3.63, 3.8) is 0 Å². The van der Waals surface area contributed by atoms with Gasteiger partial charge in [-0.3, -0.25) is 9.59 Å². The van der Waals surface area contributed by atoms with Crippen LogP contribution >= 0.6 is 15.9 Å². The molecule has 1 fully saturated rings. The zero-order valence-electron chi connectivity index (χ0n) is 16.2. The molecule has 2 heterocycles. The van der Waals surface area contributed by atoms with E-state index in [9.17, 15) is 14.4 Å². The van der Waals surface area contributed by atoms with Crippen molar-refractivity contribution in [1.29, 1.82) is 0 Å². The first kappa shape index (κ1) is 20.1. The minimum atomic E-state index is -1.06. The maximum atomic E-state index is 13.4. The molecule has 0 saturated carbocycles. The minimum absolute atomic E-state index is 0.0919. The smallest absolute Gasteiger partial charge is 0.355 e. The van der Waals surface area contributed by atoms with Crippen molar-refractivity contribution in [2.45, 2.75) is 13.0 Å². The summed E-state index contributed by atoms with van der Waals surface area (Å²) in [4.78, 5) is 40.3. The van der Waals surface area contributed by atoms with Crippen molar-refractivity contribution in [3.8, 4) is 5.75 Å². The maximum absolute atomic E-state index is 13.4. The highest BCUT2D eigenvalue weighted by Gasteiger charge is 2.59. The quantitative estimate of drug-likeness (QED) is 0.492. The molecule has 2 atom stereocenters. The van der Waals surface area contributed by atoms with E-state index >= 15 is 0 Å². The molecule has 2 aliphatic rings. The summed E-state index contributed by atoms with van der Waals surface area (Å²) < 4.78 is 11.3. The molecule has 1 saturated heterocycles. The Hall–Kier alpha value is -3.20. The summed E-state index contributed by atoms with van der Waals surface area (Å²) in [5, 5.41) is 5.72. The van der Waals surface area contributed by atoms with Crippen LogP contribution in [0.3, 0.4) is 0 Å². The number of ether oxygens (including phenoxy) is 2. The van der Waals surface area contributed by atoms with Crippen LogP contribution in [0.2, 0.25) is 0 Å². The number of rotatable bonds is 5. The van der Waals surface area contributed by atoms with Gasteiger partial charge >= 0.3 is 5.97 Å². The molecule has 0 spiro atoms. The first-order chi connectivity index (χ1) is 14.5. The van der Waals surface area contributed by atoms with E-state index in [0.29, 0.717) is 17.1 Å². The van der Waals surface area contributed by atoms with Crippen LogP contribution in [0, 0.1) is 5.92 Å². The summed E-state index contributed by atoms with van der Waals surface area (Å²) in [6.45, 7) is 1.79. The molecule has 0 bridgehead atoms. The molecular weight excluding hydrogens is 454 g/mol. The Labute approximate surface area is 181 Å². The summed E-state index contributed by atoms with van der Waals surface area (Å²) in [6.07, 6.45) is 0. The number of methoxy groups -OCH3 is 1. The standard InChI is InChI=1S/C21H18BrN3O5/c1-3-30-21(28)17-16-18(25(23-17)14-6-4-5-7-15(14)29-2)20(27)24(19(16)26)13-10-8-12(22)9-11-13/h4-11,16,18H,3H2,1-2H3. The molecule has 2 amide bonds. The Morgan fingerprint density at radius 1 is 1.10 bits per heavy atom. The molecular formula is C21H18BrN3O5. The monoisotopic (exact) mass is 471 g/mol. The number of imide groups is 1. The number of hydrogen-bond acceptors (Lipinski definition) is 7. The molecule has 0 aliphatic carbocycles. The number of amides is 2. The van der Waals surface area contributed by atoms with Crippen molar-refractivity contribution in [3.05, 3.63) is 53.0 Å². The molecule has 30 heavy (non-hydrogen) atoms. The number of fused-ring (bicyclic) bond motifs is 1. The summed E-state index contributed by atoms with van der Waals surface area (Å²) >= 11 is 3.34. The van der Waals surface area contributed by atoms with Crippen LogP contribution in [0.4, 0.5) is 11.4 Å². The maximum Gasteiger partial charge on any atom is 0.355 e. The van der Waals surface area contributed by atoms with E-state index in [0.717, 1.165) is 9.37 Å². The Morgan fingerprint density at radius 3 is 2.47 bits per heavy atom. The lowest BCUT2D eigenvalue weighted by molar-refractivity contribution is -0.136. The van der Waals surface area contributed by atoms with Crippen LogP contribution in [-0.2, 0) is 19.1 Å². The summed E-state index contributed by atoms with van der Waals surface area (Å²) in [5.41, 5.74) is 0.810. The van der Waals surface area contributed by atoms with Gasteiger partial charge in [0.25, 0.3) is 5.91 Å². The van der Waals surface area contributed by atoms with Crippen molar-refractivity contribution >= 4 is 50.8 Å². The van der Waals surface area contributed by atoms with Crippen LogP contribution in [0.1, 0.15) is 6.92 Å². The van der Waals surface area contributed by atoms with Gasteiger partial charge in [-0.2, -0.15) is 5.10 Å². The highest BCUT2D eigenvalue weighted by Crippen LogP contribution is 2.41. The van der Waals surface area contributed by atoms with Gasteiger partial charge < -0.3 is 9.47 Å². The number of nitrogens with zero attached hydrogens (tertiary/aromatic N) is 3. The average molecular weight is 472 g/mol. The fourth-order valence-corrected chi connectivity index (χ4v) is 3.91. The van der Waals surface area contributed by atoms with Crippen molar-refractivity contribution in [2.75, 3.05) is 23.6 Å². The molecule has 2 aliphatic heterocycles. The number of carbonyl (C=O) groups excluding carboxylic acids is 3. The molecule has 154 valence electrons. The predicted molar refractivity (Wildman–Crippen MR) is 113 cm³/mol. The van der Waals surface area contributed by atoms with Gasteiger partial charge in [-0.05, 0) is 43.3 Å². The van der Waals surface area contributed by atoms with Crippen LogP contribution in [0.15, 0.2) is 58.1 Å². The van der Waals surface area contributed by atoms with E-state index in [4.69, 9.17) is 9.47 Å². The highest BCUT2D eigenvalue weighted by molar-refractivity contribution is 9.10. The highest BCUT2D eigenvalue weighted by atomic mass is 79.9. The Bertz CT molecular complexity index is 1050. The van der Waals surface area contributed by atoms with Gasteiger partial charge in [0.05, 0.1) is 19.4 Å². The third-order valence-corrected chi connectivity index (χ3v) is 5.48. The van der Waals surface area contributed by atoms with E-state index in [-0.39, 0.29) is 12.3 Å². The molecule has 4 rings (SSSR count). The molecule has 2 unspecified atom stereocenters. The van der Waals surface area contributed by atoms with Crippen LogP contribution in [0.25, 0.3) is 0 Å². The van der Waals surface area contributed by atoms with Gasteiger partial charge in [0.15, 0.2) is 5.71 Å². The van der Waals surface area contributed by atoms with Crippen molar-refractivity contribution < 1.29 is 23.9 Å². The topological polar surface area (TPSA) is 88.5 Å². The lowest BCUT2D eigenvalue weighted by Crippen LogP contribution is -2.39. The lowest BCUT2D eigenvalue weighted by atomic mass is 9.97. The summed E-state index contributed by atoms with van der Waals surface area (Å²) in [5.74, 6) is -2.31. The second-order valence-corrected chi connectivity index (χ2v) is 7.55. The van der Waals surface area contributed by atoms with Crippen molar-refractivity contribution in [2.24, 2.45) is 11.0 Å². The zero-order chi connectivity index (χ0) is 21.4. The first-order valence-electron chi connectivity index (χ1n) is 9.29. The normalized spacial score (nSPS) is 20.3. The second kappa shape index (κ2) is 7.91. The zero-order valence-corrected chi connectivity index (χ0v) is 17.8. The SMILES string of the molecule is CCOC(=O)C1=NN(c2ccccc2OC)C2C(=O)N(c3ccc(Br)cc3)C(=O)C12. The minimum Gasteiger partial charge on any atom is -0.495 e. The fraction of sp³-hybridized carbons (Fsp3) is 0.238. The van der Waals surface area contributed by atoms with Gasteiger partial charge in [0.2, 0.25) is 5.91 Å². The van der Waals surface area contributed by atoms with E-state index in [2.05, 4.69) is 21.0 Å². The molecule has 0 aromatic heterocycles. The van der Waals surface area contributed by atoms with Gasteiger partial charge in [0.1, 0.15) is 23.4 Å². The molecule has 0 N–H and O–H groups in total. The number of anilines is 2. The third-order valence-electron chi connectivity index (χ3n) is 4.95. The number of carbonyl (C=O) groups is 3. The molecule has 0 radical (unpaired) electrons. The van der Waals surface area contributed by atoms with Crippen LogP contribution in [0.5, 0.6) is 5.75 Å². The summed E-state index contributed by atoms with van der Waals surface area (Å²) in [7, 11) is 1.50. The molecule has 2 aromatic rings. The van der Waals surface area contributed by atoms with E-state index < -0.39 is 29.7 Å². The number of esters is 1. The van der Waals surface area contributed by atoms with E-state index in [1.54, 1.807) is 55.5 Å². The predicted octanol–water partition coefficient (Wildman–Crippen LogP) is 2.76. The largest absolute Gasteiger partial charge is 0.495 e. The third kappa shape index (κ3) is 3.15. The fourth-order valence-electron chi connectivity index (χ4n) is 3.65. The van der Waals surface area contributed by atoms with E-state index in [1.807, 2.05) is 0 Å². The first-order valence-corrected chi connectivity index (χ1v) is 10.1. The number of benzene rings is 2. The number of para-hydroxylation sites is 2. The number of halogens is 1. The van der Waals surface area contributed by atoms with Gasteiger partial charge in [-0.25, -0.2) is 14.7 Å². The Kier molecular flexibility index (Phi) is 5.29. The van der Waals surface area contributed by atoms with Crippen molar-refractivity contribution in [1.82, 2.24) is 0 Å². The number of hydrazone groups is 1. The van der Waals surface area contributed by atoms with Crippen LogP contribution in [-0.4, -0.2) is 43.3 Å². The average Bonchev–Trinajstić information content (AvgIpc) is 3.26. The Balaban J connectivity index is 1.81. The van der Waals surface area contributed by atoms with Crippen LogP contribution < -0.4 is 14.6 Å². The Morgan fingerprint density at radius 2 is 1.80 bits per heavy atom. The van der Waals surface area contributed by atoms with Gasteiger partial charge in [-0.1, -0.05) is 28.1 Å².